The highest BCUT2D eigenvalue weighted by molar-refractivity contribution is 7.15. The van der Waals surface area contributed by atoms with Crippen molar-refractivity contribution in [3.63, 3.8) is 0 Å². The number of aromatic nitrogens is 1. The van der Waals surface area contributed by atoms with Gasteiger partial charge in [0, 0.05) is 22.7 Å². The van der Waals surface area contributed by atoms with Gasteiger partial charge in [-0.05, 0) is 48.2 Å². The second-order valence-electron chi connectivity index (χ2n) is 6.02. The number of thiazole rings is 1. The van der Waals surface area contributed by atoms with E-state index in [1.54, 1.807) is 30.7 Å². The molecule has 0 N–H and O–H groups in total. The molecule has 0 saturated carbocycles. The zero-order valence-electron chi connectivity index (χ0n) is 14.3. The molecule has 0 bridgehead atoms. The molecule has 0 fully saturated rings. The summed E-state index contributed by atoms with van der Waals surface area (Å²) in [5, 5.41) is 11.7. The Morgan fingerprint density at radius 3 is 2.93 bits per heavy atom. The van der Waals surface area contributed by atoms with Crippen LogP contribution in [0.15, 0.2) is 41.4 Å². The standard InChI is InChI=1S/C19H14ClN3O3S/c1-26-13-4-5-14-12(9-13)3-7-17-18(14)22-19(27-17)21-10-11-2-6-15(20)16(8-11)23(24)25/h2,4-6,8-10H,3,7H2,1H3. The minimum Gasteiger partial charge on any atom is -0.497 e. The van der Waals surface area contributed by atoms with Crippen molar-refractivity contribution in [2.75, 3.05) is 7.11 Å². The Bertz CT molecular complexity index is 1080. The van der Waals surface area contributed by atoms with Crippen LogP contribution in [0.5, 0.6) is 5.75 Å². The quantitative estimate of drug-likeness (QED) is 0.342. The maximum absolute atomic E-state index is 11.0. The van der Waals surface area contributed by atoms with Gasteiger partial charge in [0.2, 0.25) is 5.13 Å². The van der Waals surface area contributed by atoms with Crippen LogP contribution in [-0.4, -0.2) is 23.2 Å². The number of methoxy groups -OCH3 is 1. The topological polar surface area (TPSA) is 77.6 Å². The largest absolute Gasteiger partial charge is 0.497 e. The average Bonchev–Trinajstić information content (AvgIpc) is 3.10. The highest BCUT2D eigenvalue weighted by Crippen LogP contribution is 2.40. The number of aliphatic imine (C=N–C) groups is 1. The van der Waals surface area contributed by atoms with E-state index in [4.69, 9.17) is 16.3 Å². The predicted molar refractivity (Wildman–Crippen MR) is 107 cm³/mol. The van der Waals surface area contributed by atoms with Gasteiger partial charge >= 0.3 is 0 Å². The Balaban J connectivity index is 1.64. The number of nitrogens with zero attached hydrogens (tertiary/aromatic N) is 3. The summed E-state index contributed by atoms with van der Waals surface area (Å²) in [4.78, 5) is 20.8. The van der Waals surface area contributed by atoms with Gasteiger partial charge in [0.25, 0.3) is 5.69 Å². The number of halogens is 1. The molecule has 4 rings (SSSR count). The van der Waals surface area contributed by atoms with Gasteiger partial charge in [0.05, 0.1) is 17.7 Å². The van der Waals surface area contributed by atoms with Crippen molar-refractivity contribution in [3.05, 3.63) is 67.5 Å². The van der Waals surface area contributed by atoms with Crippen LogP contribution in [0.3, 0.4) is 0 Å². The number of nitro groups is 1. The highest BCUT2D eigenvalue weighted by atomic mass is 35.5. The third kappa shape index (κ3) is 3.43. The fraction of sp³-hybridized carbons (Fsp3) is 0.158. The van der Waals surface area contributed by atoms with Crippen LogP contribution in [-0.2, 0) is 12.8 Å². The first kappa shape index (κ1) is 17.6. The second kappa shape index (κ2) is 7.09. The van der Waals surface area contributed by atoms with Crippen LogP contribution in [0.25, 0.3) is 11.3 Å². The van der Waals surface area contributed by atoms with Gasteiger partial charge in [0.1, 0.15) is 10.8 Å². The molecule has 0 spiro atoms. The number of nitro benzene ring substituents is 1. The second-order valence-corrected chi connectivity index (χ2v) is 7.49. The zero-order chi connectivity index (χ0) is 19.0. The molecule has 1 aromatic heterocycles. The predicted octanol–water partition coefficient (Wildman–Crippen LogP) is 5.23. The number of rotatable bonds is 4. The molecule has 1 heterocycles. The summed E-state index contributed by atoms with van der Waals surface area (Å²) in [6, 6.07) is 10.6. The van der Waals surface area contributed by atoms with Crippen LogP contribution in [0.2, 0.25) is 5.02 Å². The van der Waals surface area contributed by atoms with Crippen LogP contribution in [0.4, 0.5) is 10.8 Å². The van der Waals surface area contributed by atoms with Crippen molar-refractivity contribution in [1.82, 2.24) is 4.98 Å². The summed E-state index contributed by atoms with van der Waals surface area (Å²) >= 11 is 7.38. The number of benzene rings is 2. The molecule has 3 aromatic rings. The molecule has 1 aliphatic rings. The van der Waals surface area contributed by atoms with Gasteiger partial charge in [-0.3, -0.25) is 10.1 Å². The summed E-state index contributed by atoms with van der Waals surface area (Å²) in [6.45, 7) is 0. The lowest BCUT2D eigenvalue weighted by Gasteiger charge is -2.15. The Morgan fingerprint density at radius 2 is 2.15 bits per heavy atom. The summed E-state index contributed by atoms with van der Waals surface area (Å²) in [7, 11) is 1.66. The molecule has 2 aromatic carbocycles. The van der Waals surface area contributed by atoms with Crippen LogP contribution in [0, 0.1) is 10.1 Å². The summed E-state index contributed by atoms with van der Waals surface area (Å²) in [6.07, 6.45) is 3.42. The Kier molecular flexibility index (Phi) is 4.63. The average molecular weight is 400 g/mol. The fourth-order valence-corrected chi connectivity index (χ4v) is 4.14. The van der Waals surface area contributed by atoms with Crippen LogP contribution in [0.1, 0.15) is 16.0 Å². The van der Waals surface area contributed by atoms with E-state index in [0.29, 0.717) is 10.7 Å². The maximum atomic E-state index is 11.0. The van der Waals surface area contributed by atoms with E-state index in [9.17, 15) is 10.1 Å². The first-order valence-electron chi connectivity index (χ1n) is 8.20. The molecular formula is C19H14ClN3O3S. The van der Waals surface area contributed by atoms with Gasteiger partial charge in [0.15, 0.2) is 0 Å². The van der Waals surface area contributed by atoms with E-state index < -0.39 is 4.92 Å². The van der Waals surface area contributed by atoms with Crippen molar-refractivity contribution in [3.8, 4) is 17.0 Å². The number of aryl methyl sites for hydroxylation is 2. The molecule has 0 atom stereocenters. The summed E-state index contributed by atoms with van der Waals surface area (Å²) in [5.41, 5.74) is 3.75. The molecule has 8 heteroatoms. The zero-order valence-corrected chi connectivity index (χ0v) is 15.9. The van der Waals surface area contributed by atoms with Crippen LogP contribution >= 0.6 is 22.9 Å². The highest BCUT2D eigenvalue weighted by Gasteiger charge is 2.21. The fourth-order valence-electron chi connectivity index (χ4n) is 3.04. The van der Waals surface area contributed by atoms with Gasteiger partial charge in [-0.2, -0.15) is 0 Å². The minimum absolute atomic E-state index is 0.105. The van der Waals surface area contributed by atoms with Gasteiger partial charge in [-0.15, -0.1) is 0 Å². The summed E-state index contributed by atoms with van der Waals surface area (Å²) < 4.78 is 5.30. The van der Waals surface area contributed by atoms with E-state index in [0.717, 1.165) is 29.8 Å². The SMILES string of the molecule is COc1ccc2c(c1)CCc1sc(N=Cc3ccc(Cl)c([N+](=O)[O-])c3)nc1-2. The summed E-state index contributed by atoms with van der Waals surface area (Å²) in [5.74, 6) is 0.843. The van der Waals surface area contributed by atoms with E-state index in [2.05, 4.69) is 9.98 Å². The lowest BCUT2D eigenvalue weighted by molar-refractivity contribution is -0.384. The van der Waals surface area contributed by atoms with E-state index in [1.807, 2.05) is 18.2 Å². The van der Waals surface area contributed by atoms with E-state index in [1.165, 1.54) is 22.6 Å². The molecule has 0 amide bonds. The smallest absolute Gasteiger partial charge is 0.288 e. The van der Waals surface area contributed by atoms with Gasteiger partial charge in [-0.1, -0.05) is 29.0 Å². The number of hydrogen-bond donors (Lipinski definition) is 0. The minimum atomic E-state index is -0.507. The molecule has 0 saturated heterocycles. The lowest BCUT2D eigenvalue weighted by atomic mass is 9.93. The Labute approximate surface area is 164 Å². The van der Waals surface area contributed by atoms with Gasteiger partial charge < -0.3 is 4.74 Å². The third-order valence-corrected chi connectivity index (χ3v) is 5.71. The van der Waals surface area contributed by atoms with Crippen molar-refractivity contribution in [2.45, 2.75) is 12.8 Å². The van der Waals surface area contributed by atoms with Crippen molar-refractivity contribution >= 4 is 40.0 Å². The molecule has 0 aliphatic heterocycles. The first-order valence-corrected chi connectivity index (χ1v) is 9.39. The Morgan fingerprint density at radius 1 is 1.30 bits per heavy atom. The van der Waals surface area contributed by atoms with Crippen molar-refractivity contribution in [1.29, 1.82) is 0 Å². The maximum Gasteiger partial charge on any atom is 0.288 e. The van der Waals surface area contributed by atoms with Crippen molar-refractivity contribution < 1.29 is 9.66 Å². The lowest BCUT2D eigenvalue weighted by Crippen LogP contribution is -2.02. The van der Waals surface area contributed by atoms with E-state index in [-0.39, 0.29) is 10.7 Å². The van der Waals surface area contributed by atoms with E-state index >= 15 is 0 Å². The molecule has 0 radical (unpaired) electrons. The first-order chi connectivity index (χ1) is 13.0. The van der Waals surface area contributed by atoms with Gasteiger partial charge in [-0.25, -0.2) is 9.98 Å². The molecular weight excluding hydrogens is 386 g/mol. The van der Waals surface area contributed by atoms with Crippen molar-refractivity contribution in [2.24, 2.45) is 4.99 Å². The molecule has 6 nitrogen and oxygen atoms in total. The van der Waals surface area contributed by atoms with Crippen LogP contribution < -0.4 is 4.74 Å². The number of hydrogen-bond acceptors (Lipinski definition) is 6. The third-order valence-electron chi connectivity index (χ3n) is 4.37. The Hall–Kier alpha value is -2.77. The normalized spacial score (nSPS) is 12.7. The number of ether oxygens (including phenoxy) is 1. The molecule has 136 valence electrons. The molecule has 27 heavy (non-hydrogen) atoms. The molecule has 0 unspecified atom stereocenters. The molecule has 1 aliphatic carbocycles. The monoisotopic (exact) mass is 399 g/mol. The number of fused-ring (bicyclic) bond motifs is 3.